The van der Waals surface area contributed by atoms with Crippen LogP contribution in [0.15, 0.2) is 0 Å². The van der Waals surface area contributed by atoms with Gasteiger partial charge in [0.25, 0.3) is 0 Å². The maximum Gasteiger partial charge on any atom is 0.0608 e. The third-order valence-electron chi connectivity index (χ3n) is 3.52. The predicted octanol–water partition coefficient (Wildman–Crippen LogP) is 1.35. The summed E-state index contributed by atoms with van der Waals surface area (Å²) in [6.07, 6.45) is 6.22. The number of hydrogen-bond donors (Lipinski definition) is 2. The molecule has 0 aromatic heterocycles. The maximum absolute atomic E-state index is 9.10. The number of nitrogens with two attached hydrogens (primary N) is 1. The van der Waals surface area contributed by atoms with E-state index in [1.54, 1.807) is 0 Å². The highest BCUT2D eigenvalue weighted by Gasteiger charge is 2.21. The van der Waals surface area contributed by atoms with Crippen molar-refractivity contribution in [1.82, 2.24) is 4.90 Å². The van der Waals surface area contributed by atoms with E-state index in [0.29, 0.717) is 6.04 Å². The van der Waals surface area contributed by atoms with Crippen LogP contribution in [0.1, 0.15) is 46.0 Å². The molecule has 2 atom stereocenters. The van der Waals surface area contributed by atoms with Gasteiger partial charge in [0.1, 0.15) is 0 Å². The van der Waals surface area contributed by atoms with E-state index < -0.39 is 5.54 Å². The zero-order valence-corrected chi connectivity index (χ0v) is 10.2. The molecule has 0 saturated carbocycles. The number of hydrogen-bond acceptors (Lipinski definition) is 3. The second kappa shape index (κ2) is 5.83. The molecule has 0 aromatic carbocycles. The molecule has 3 N–H and O–H groups in total. The Hall–Kier alpha value is -0.120. The van der Waals surface area contributed by atoms with Gasteiger partial charge in [-0.1, -0.05) is 12.8 Å². The summed E-state index contributed by atoms with van der Waals surface area (Å²) in [4.78, 5) is 2.52. The van der Waals surface area contributed by atoms with Crippen LogP contribution in [0, 0.1) is 0 Å². The quantitative estimate of drug-likeness (QED) is 0.743. The minimum Gasteiger partial charge on any atom is -0.394 e. The van der Waals surface area contributed by atoms with Gasteiger partial charge in [-0.15, -0.1) is 0 Å². The first-order valence-electron chi connectivity index (χ1n) is 6.19. The number of rotatable bonds is 4. The van der Waals surface area contributed by atoms with Crippen molar-refractivity contribution in [2.24, 2.45) is 5.73 Å². The molecular formula is C12H26N2O. The van der Waals surface area contributed by atoms with Crippen LogP contribution in [-0.2, 0) is 0 Å². The highest BCUT2D eigenvalue weighted by Crippen LogP contribution is 2.17. The van der Waals surface area contributed by atoms with Gasteiger partial charge in [0, 0.05) is 18.1 Å². The van der Waals surface area contributed by atoms with Gasteiger partial charge in [-0.05, 0) is 39.7 Å². The van der Waals surface area contributed by atoms with Crippen molar-refractivity contribution in [3.05, 3.63) is 0 Å². The second-order valence-corrected chi connectivity index (χ2v) is 5.30. The highest BCUT2D eigenvalue weighted by molar-refractivity contribution is 4.81. The summed E-state index contributed by atoms with van der Waals surface area (Å²) < 4.78 is 0. The first-order chi connectivity index (χ1) is 7.05. The molecule has 0 spiro atoms. The third-order valence-corrected chi connectivity index (χ3v) is 3.52. The molecule has 1 rings (SSSR count). The van der Waals surface area contributed by atoms with Gasteiger partial charge in [0.2, 0.25) is 0 Å². The average Bonchev–Trinajstić information content (AvgIpc) is 2.40. The molecule has 90 valence electrons. The molecule has 3 heteroatoms. The Morgan fingerprint density at radius 1 is 1.40 bits per heavy atom. The van der Waals surface area contributed by atoms with E-state index in [1.165, 1.54) is 32.2 Å². The lowest BCUT2D eigenvalue weighted by Gasteiger charge is -2.30. The SMILES string of the molecule is CC1CCCCCN1CCC(C)(N)CO. The van der Waals surface area contributed by atoms with Crippen LogP contribution in [0.25, 0.3) is 0 Å². The minimum absolute atomic E-state index is 0.0786. The van der Waals surface area contributed by atoms with E-state index in [2.05, 4.69) is 11.8 Å². The zero-order valence-electron chi connectivity index (χ0n) is 10.2. The van der Waals surface area contributed by atoms with Crippen LogP contribution in [-0.4, -0.2) is 41.3 Å². The molecule has 1 saturated heterocycles. The van der Waals surface area contributed by atoms with Gasteiger partial charge in [0.15, 0.2) is 0 Å². The predicted molar refractivity (Wildman–Crippen MR) is 63.8 cm³/mol. The van der Waals surface area contributed by atoms with E-state index in [0.717, 1.165) is 13.0 Å². The Morgan fingerprint density at radius 3 is 2.80 bits per heavy atom. The molecule has 3 nitrogen and oxygen atoms in total. The monoisotopic (exact) mass is 214 g/mol. The lowest BCUT2D eigenvalue weighted by atomic mass is 10.00. The molecule has 1 fully saturated rings. The largest absolute Gasteiger partial charge is 0.394 e. The summed E-state index contributed by atoms with van der Waals surface area (Å²) in [7, 11) is 0. The molecule has 0 radical (unpaired) electrons. The van der Waals surface area contributed by atoms with Gasteiger partial charge in [-0.25, -0.2) is 0 Å². The van der Waals surface area contributed by atoms with Crippen LogP contribution in [0.3, 0.4) is 0 Å². The van der Waals surface area contributed by atoms with E-state index in [9.17, 15) is 0 Å². The average molecular weight is 214 g/mol. The van der Waals surface area contributed by atoms with Crippen LogP contribution >= 0.6 is 0 Å². The number of likely N-dealkylation sites (tertiary alicyclic amines) is 1. The highest BCUT2D eigenvalue weighted by atomic mass is 16.3. The molecule has 15 heavy (non-hydrogen) atoms. The lowest BCUT2D eigenvalue weighted by Crippen LogP contribution is -2.45. The summed E-state index contributed by atoms with van der Waals surface area (Å²) in [5, 5.41) is 9.10. The third kappa shape index (κ3) is 4.49. The summed E-state index contributed by atoms with van der Waals surface area (Å²) in [6.45, 7) is 6.53. The Balaban J connectivity index is 2.35. The number of aliphatic hydroxyl groups is 1. The maximum atomic E-state index is 9.10. The van der Waals surface area contributed by atoms with Gasteiger partial charge < -0.3 is 15.7 Å². The normalized spacial score (nSPS) is 28.4. The lowest BCUT2D eigenvalue weighted by molar-refractivity contribution is 0.156. The zero-order chi connectivity index (χ0) is 11.3. The molecular weight excluding hydrogens is 188 g/mol. The van der Waals surface area contributed by atoms with E-state index in [1.807, 2.05) is 6.92 Å². The summed E-state index contributed by atoms with van der Waals surface area (Å²) in [5.41, 5.74) is 5.53. The first kappa shape index (κ1) is 12.9. The molecule has 0 aromatic rings. The molecule has 0 amide bonds. The Kier molecular flexibility index (Phi) is 5.03. The van der Waals surface area contributed by atoms with E-state index in [4.69, 9.17) is 10.8 Å². The molecule has 1 heterocycles. The van der Waals surface area contributed by atoms with Crippen molar-refractivity contribution < 1.29 is 5.11 Å². The van der Waals surface area contributed by atoms with Crippen LogP contribution < -0.4 is 5.73 Å². The van der Waals surface area contributed by atoms with Crippen LogP contribution in [0.4, 0.5) is 0 Å². The Morgan fingerprint density at radius 2 is 2.13 bits per heavy atom. The molecule has 0 bridgehead atoms. The Bertz CT molecular complexity index is 182. The van der Waals surface area contributed by atoms with Crippen molar-refractivity contribution in [2.45, 2.75) is 57.5 Å². The van der Waals surface area contributed by atoms with Gasteiger partial charge in [0.05, 0.1) is 6.61 Å². The fraction of sp³-hybridized carbons (Fsp3) is 1.00. The fourth-order valence-corrected chi connectivity index (χ4v) is 2.14. The van der Waals surface area contributed by atoms with Gasteiger partial charge in [-0.3, -0.25) is 0 Å². The molecule has 0 aliphatic carbocycles. The topological polar surface area (TPSA) is 49.5 Å². The smallest absolute Gasteiger partial charge is 0.0608 e. The fourth-order valence-electron chi connectivity index (χ4n) is 2.14. The van der Waals surface area contributed by atoms with Crippen LogP contribution in [0.5, 0.6) is 0 Å². The first-order valence-corrected chi connectivity index (χ1v) is 6.19. The number of aliphatic hydroxyl groups excluding tert-OH is 1. The van der Waals surface area contributed by atoms with E-state index in [-0.39, 0.29) is 6.61 Å². The summed E-state index contributed by atoms with van der Waals surface area (Å²) in [5.74, 6) is 0. The van der Waals surface area contributed by atoms with Crippen molar-refractivity contribution in [3.8, 4) is 0 Å². The molecule has 2 unspecified atom stereocenters. The molecule has 1 aliphatic rings. The van der Waals surface area contributed by atoms with Gasteiger partial charge in [-0.2, -0.15) is 0 Å². The van der Waals surface area contributed by atoms with Crippen molar-refractivity contribution in [3.63, 3.8) is 0 Å². The number of nitrogens with zero attached hydrogens (tertiary/aromatic N) is 1. The second-order valence-electron chi connectivity index (χ2n) is 5.30. The van der Waals surface area contributed by atoms with Gasteiger partial charge >= 0.3 is 0 Å². The van der Waals surface area contributed by atoms with Crippen LogP contribution in [0.2, 0.25) is 0 Å². The van der Waals surface area contributed by atoms with Crippen molar-refractivity contribution >= 4 is 0 Å². The minimum atomic E-state index is -0.411. The Labute approximate surface area is 93.6 Å². The van der Waals surface area contributed by atoms with Crippen molar-refractivity contribution in [1.29, 1.82) is 0 Å². The summed E-state index contributed by atoms with van der Waals surface area (Å²) >= 11 is 0. The van der Waals surface area contributed by atoms with Crippen molar-refractivity contribution in [2.75, 3.05) is 19.7 Å². The summed E-state index contributed by atoms with van der Waals surface area (Å²) in [6, 6.07) is 0.682. The standard InChI is InChI=1S/C12H26N2O/c1-11-6-4-3-5-8-14(11)9-7-12(2,13)10-15/h11,15H,3-10,13H2,1-2H3. The molecule has 1 aliphatic heterocycles. The van der Waals surface area contributed by atoms with E-state index >= 15 is 0 Å².